The molecule has 2 amide bonds. The van der Waals surface area contributed by atoms with Crippen LogP contribution in [0.1, 0.15) is 49.1 Å². The number of ether oxygens (including phenoxy) is 1. The van der Waals surface area contributed by atoms with Gasteiger partial charge in [-0.15, -0.1) is 0 Å². The quantitative estimate of drug-likeness (QED) is 0.599. The summed E-state index contributed by atoms with van der Waals surface area (Å²) in [6, 6.07) is 15.0. The summed E-state index contributed by atoms with van der Waals surface area (Å²) in [6.07, 6.45) is 3.26. The van der Waals surface area contributed by atoms with Gasteiger partial charge in [-0.25, -0.2) is 4.79 Å². The van der Waals surface area contributed by atoms with Crippen molar-refractivity contribution in [2.45, 2.75) is 50.1 Å². The Morgan fingerprint density at radius 1 is 0.939 bits per heavy atom. The Morgan fingerprint density at radius 2 is 1.52 bits per heavy atom. The molecule has 7 nitrogen and oxygen atoms in total. The zero-order chi connectivity index (χ0) is 22.9. The number of fused-ring (bicyclic) bond motifs is 4. The van der Waals surface area contributed by atoms with Gasteiger partial charge in [0.05, 0.1) is 6.42 Å². The highest BCUT2D eigenvalue weighted by molar-refractivity contribution is 5.89. The first-order valence-corrected chi connectivity index (χ1v) is 11.7. The second-order valence-electron chi connectivity index (χ2n) is 9.27. The minimum atomic E-state index is -1.17. The lowest BCUT2D eigenvalue weighted by Gasteiger charge is -2.19. The van der Waals surface area contributed by atoms with Crippen molar-refractivity contribution < 1.29 is 24.2 Å². The minimum Gasteiger partial charge on any atom is -0.481 e. The molecule has 0 radical (unpaired) electrons. The second-order valence-corrected chi connectivity index (χ2v) is 9.27. The number of amides is 2. The van der Waals surface area contributed by atoms with Gasteiger partial charge in [-0.1, -0.05) is 61.4 Å². The van der Waals surface area contributed by atoms with Crippen molar-refractivity contribution in [2.24, 2.45) is 11.8 Å². The number of nitrogens with one attached hydrogen (secondary N) is 2. The van der Waals surface area contributed by atoms with Crippen LogP contribution in [-0.2, 0) is 14.3 Å². The minimum absolute atomic E-state index is 0.0978. The molecule has 2 fully saturated rings. The molecule has 3 N–H and O–H groups in total. The number of carboxylic acids is 1. The number of aliphatic carboxylic acids is 1. The standard InChI is InChI=1S/C26H28N2O5/c29-23(30)13-22(25(31)28-24-19-11-5-6-12-20(19)24)27-26(32)33-14-21-17-9-3-1-7-15(17)16-8-2-4-10-18(16)21/h1-4,7-10,19-22,24H,5-6,11-14H2,(H,27,32)(H,28,31)(H,29,30). The fourth-order valence-electron chi connectivity index (χ4n) is 5.64. The molecule has 172 valence electrons. The maximum atomic E-state index is 12.8. The lowest BCUT2D eigenvalue weighted by molar-refractivity contribution is -0.139. The topological polar surface area (TPSA) is 105 Å². The second kappa shape index (κ2) is 8.89. The monoisotopic (exact) mass is 448 g/mol. The molecule has 3 aliphatic carbocycles. The van der Waals surface area contributed by atoms with Crippen molar-refractivity contribution in [3.63, 3.8) is 0 Å². The molecule has 0 heterocycles. The summed E-state index contributed by atoms with van der Waals surface area (Å²) in [7, 11) is 0. The molecule has 2 aromatic carbocycles. The van der Waals surface area contributed by atoms with E-state index < -0.39 is 30.4 Å². The Kier molecular flexibility index (Phi) is 5.79. The highest BCUT2D eigenvalue weighted by Gasteiger charge is 2.51. The van der Waals surface area contributed by atoms with Crippen LogP contribution in [0, 0.1) is 11.8 Å². The van der Waals surface area contributed by atoms with Crippen molar-refractivity contribution in [3.05, 3.63) is 59.7 Å². The summed E-state index contributed by atoms with van der Waals surface area (Å²) in [5, 5.41) is 14.7. The Morgan fingerprint density at radius 3 is 2.09 bits per heavy atom. The average molecular weight is 449 g/mol. The average Bonchev–Trinajstić information content (AvgIpc) is 3.41. The van der Waals surface area contributed by atoms with Gasteiger partial charge in [0.2, 0.25) is 5.91 Å². The van der Waals surface area contributed by atoms with E-state index in [9.17, 15) is 19.5 Å². The molecular weight excluding hydrogens is 420 g/mol. The van der Waals surface area contributed by atoms with Gasteiger partial charge in [-0.2, -0.15) is 0 Å². The normalized spacial score (nSPS) is 23.5. The van der Waals surface area contributed by atoms with E-state index in [1.54, 1.807) is 0 Å². The van der Waals surface area contributed by atoms with E-state index in [1.165, 1.54) is 12.8 Å². The van der Waals surface area contributed by atoms with Gasteiger partial charge in [0.25, 0.3) is 0 Å². The number of hydrogen-bond acceptors (Lipinski definition) is 4. The van der Waals surface area contributed by atoms with Crippen molar-refractivity contribution >= 4 is 18.0 Å². The van der Waals surface area contributed by atoms with E-state index in [2.05, 4.69) is 22.8 Å². The fraction of sp³-hybridized carbons (Fsp3) is 0.423. The third-order valence-corrected chi connectivity index (χ3v) is 7.30. The van der Waals surface area contributed by atoms with Crippen LogP contribution >= 0.6 is 0 Å². The van der Waals surface area contributed by atoms with Gasteiger partial charge in [0.15, 0.2) is 0 Å². The Balaban J connectivity index is 1.21. The van der Waals surface area contributed by atoms with Crippen molar-refractivity contribution in [2.75, 3.05) is 6.61 Å². The number of hydrogen-bond donors (Lipinski definition) is 3. The number of benzene rings is 2. The van der Waals surface area contributed by atoms with Crippen LogP contribution in [0.5, 0.6) is 0 Å². The van der Waals surface area contributed by atoms with Gasteiger partial charge < -0.3 is 20.5 Å². The summed E-state index contributed by atoms with van der Waals surface area (Å²) in [5.41, 5.74) is 4.41. The third kappa shape index (κ3) is 4.32. The van der Waals surface area contributed by atoms with Crippen LogP contribution in [0.2, 0.25) is 0 Å². The SMILES string of the molecule is O=C(O)CC(NC(=O)OCC1c2ccccc2-c2ccccc21)C(=O)NC1C2CCCCC21. The molecule has 0 saturated heterocycles. The van der Waals surface area contributed by atoms with Gasteiger partial charge >= 0.3 is 12.1 Å². The highest BCUT2D eigenvalue weighted by Crippen LogP contribution is 2.49. The Hall–Kier alpha value is -3.35. The van der Waals surface area contributed by atoms with Crippen LogP contribution in [0.3, 0.4) is 0 Å². The first-order chi connectivity index (χ1) is 16.0. The summed E-state index contributed by atoms with van der Waals surface area (Å²) in [6.45, 7) is 0.105. The number of carboxylic acid groups (broad SMARTS) is 1. The first kappa shape index (κ1) is 21.5. The van der Waals surface area contributed by atoms with E-state index in [0.29, 0.717) is 11.8 Å². The van der Waals surface area contributed by atoms with Crippen LogP contribution < -0.4 is 10.6 Å². The fourth-order valence-corrected chi connectivity index (χ4v) is 5.64. The van der Waals surface area contributed by atoms with E-state index in [-0.39, 0.29) is 18.6 Å². The van der Waals surface area contributed by atoms with Crippen LogP contribution in [0.15, 0.2) is 48.5 Å². The maximum Gasteiger partial charge on any atom is 0.407 e. The number of carbonyl (C=O) groups excluding carboxylic acids is 2. The van der Waals surface area contributed by atoms with Gasteiger partial charge in [-0.3, -0.25) is 9.59 Å². The lowest BCUT2D eigenvalue weighted by atomic mass is 9.98. The highest BCUT2D eigenvalue weighted by atomic mass is 16.5. The molecule has 2 saturated carbocycles. The van der Waals surface area contributed by atoms with Crippen LogP contribution in [-0.4, -0.2) is 41.8 Å². The first-order valence-electron chi connectivity index (χ1n) is 11.7. The zero-order valence-electron chi connectivity index (χ0n) is 18.3. The lowest BCUT2D eigenvalue weighted by Crippen LogP contribution is -2.49. The van der Waals surface area contributed by atoms with Crippen LogP contribution in [0.25, 0.3) is 11.1 Å². The van der Waals surface area contributed by atoms with E-state index >= 15 is 0 Å². The Bertz CT molecular complexity index is 1030. The van der Waals surface area contributed by atoms with Gasteiger partial charge in [-0.05, 0) is 46.9 Å². The predicted molar refractivity (Wildman–Crippen MR) is 122 cm³/mol. The largest absolute Gasteiger partial charge is 0.481 e. The molecular formula is C26H28N2O5. The molecule has 3 unspecified atom stereocenters. The van der Waals surface area contributed by atoms with E-state index in [1.807, 2.05) is 36.4 Å². The van der Waals surface area contributed by atoms with E-state index in [4.69, 9.17) is 4.74 Å². The van der Waals surface area contributed by atoms with Gasteiger partial charge in [0.1, 0.15) is 12.6 Å². The summed E-state index contributed by atoms with van der Waals surface area (Å²) in [5.74, 6) is -0.734. The Labute approximate surface area is 192 Å². The maximum absolute atomic E-state index is 12.8. The molecule has 33 heavy (non-hydrogen) atoms. The molecule has 2 aromatic rings. The van der Waals surface area contributed by atoms with Crippen molar-refractivity contribution in [1.82, 2.24) is 10.6 Å². The number of carbonyl (C=O) groups is 3. The summed E-state index contributed by atoms with van der Waals surface area (Å²) < 4.78 is 5.49. The molecule has 0 aliphatic heterocycles. The van der Waals surface area contributed by atoms with Crippen molar-refractivity contribution in [3.8, 4) is 11.1 Å². The molecule has 5 rings (SSSR count). The van der Waals surface area contributed by atoms with E-state index in [0.717, 1.165) is 35.1 Å². The number of rotatable bonds is 7. The van der Waals surface area contributed by atoms with Gasteiger partial charge in [0, 0.05) is 12.0 Å². The zero-order valence-corrected chi connectivity index (χ0v) is 18.3. The smallest absolute Gasteiger partial charge is 0.407 e. The molecule has 0 spiro atoms. The molecule has 3 aliphatic rings. The summed E-state index contributed by atoms with van der Waals surface area (Å²) in [4.78, 5) is 36.6. The predicted octanol–water partition coefficient (Wildman–Crippen LogP) is 3.67. The molecule has 3 atom stereocenters. The van der Waals surface area contributed by atoms with Crippen LogP contribution in [0.4, 0.5) is 4.79 Å². The molecule has 7 heteroatoms. The molecule has 0 aromatic heterocycles. The number of alkyl carbamates (subject to hydrolysis) is 1. The third-order valence-electron chi connectivity index (χ3n) is 7.30. The molecule has 0 bridgehead atoms. The van der Waals surface area contributed by atoms with Crippen molar-refractivity contribution in [1.29, 1.82) is 0 Å². The summed E-state index contributed by atoms with van der Waals surface area (Å²) >= 11 is 0.